The highest BCUT2D eigenvalue weighted by atomic mass is 19.1. The zero-order valence-electron chi connectivity index (χ0n) is 14.2. The van der Waals surface area contributed by atoms with Gasteiger partial charge in [-0.05, 0) is 55.5 Å². The Bertz CT molecular complexity index is 655. The largest absolute Gasteiger partial charge is 0.480 e. The molecule has 0 saturated heterocycles. The zero-order valence-corrected chi connectivity index (χ0v) is 14.2. The Morgan fingerprint density at radius 3 is 2.54 bits per heavy atom. The highest BCUT2D eigenvalue weighted by molar-refractivity contribution is 5.81. The van der Waals surface area contributed by atoms with Crippen molar-refractivity contribution in [2.24, 2.45) is 0 Å². The van der Waals surface area contributed by atoms with Crippen LogP contribution < -0.4 is 10.1 Å². The summed E-state index contributed by atoms with van der Waals surface area (Å²) in [5.74, 6) is 0.414. The van der Waals surface area contributed by atoms with Gasteiger partial charge in [-0.3, -0.25) is 4.79 Å². The van der Waals surface area contributed by atoms with Gasteiger partial charge in [0.2, 0.25) is 0 Å². The maximum Gasteiger partial charge on any atom is 0.261 e. The molecule has 0 bridgehead atoms. The molecule has 0 radical (unpaired) electrons. The molecule has 4 heteroatoms. The highest BCUT2D eigenvalue weighted by Crippen LogP contribution is 2.18. The number of carbonyl (C=O) groups excluding carboxylic acids is 1. The minimum absolute atomic E-state index is 0.0974. The fourth-order valence-electron chi connectivity index (χ4n) is 2.43. The summed E-state index contributed by atoms with van der Waals surface area (Å²) in [5, 5.41) is 2.92. The van der Waals surface area contributed by atoms with E-state index < -0.39 is 6.10 Å². The standard InChI is InChI=1S/C20H24FNO2/c1-3-18(24-19-9-5-4-7-15(19)2)20(23)22-14-6-8-16-10-12-17(21)13-11-16/h4-5,7,9-13,18H,3,6,8,14H2,1-2H3,(H,22,23)/t18-/m1/s1. The van der Waals surface area contributed by atoms with E-state index >= 15 is 0 Å². The van der Waals surface area contributed by atoms with Crippen molar-refractivity contribution in [3.8, 4) is 5.75 Å². The lowest BCUT2D eigenvalue weighted by molar-refractivity contribution is -0.128. The molecule has 1 N–H and O–H groups in total. The maximum absolute atomic E-state index is 12.8. The predicted octanol–water partition coefficient (Wildman–Crippen LogP) is 4.04. The molecular weight excluding hydrogens is 305 g/mol. The van der Waals surface area contributed by atoms with E-state index in [1.165, 1.54) is 12.1 Å². The molecule has 0 saturated carbocycles. The number of aryl methyl sites for hydroxylation is 2. The molecule has 1 atom stereocenters. The van der Waals surface area contributed by atoms with E-state index in [2.05, 4.69) is 5.32 Å². The van der Waals surface area contributed by atoms with Gasteiger partial charge >= 0.3 is 0 Å². The quantitative estimate of drug-likeness (QED) is 0.742. The van der Waals surface area contributed by atoms with Crippen LogP contribution in [-0.4, -0.2) is 18.6 Å². The number of halogens is 1. The number of benzene rings is 2. The molecule has 0 aliphatic rings. The SMILES string of the molecule is CC[C@@H](Oc1ccccc1C)C(=O)NCCCc1ccc(F)cc1. The molecule has 1 amide bonds. The number of hydrogen-bond acceptors (Lipinski definition) is 2. The van der Waals surface area contributed by atoms with E-state index in [1.807, 2.05) is 38.1 Å². The second-order valence-electron chi connectivity index (χ2n) is 5.80. The third kappa shape index (κ3) is 5.37. The molecule has 3 nitrogen and oxygen atoms in total. The van der Waals surface area contributed by atoms with Crippen molar-refractivity contribution in [3.05, 3.63) is 65.5 Å². The van der Waals surface area contributed by atoms with Crippen LogP contribution in [0.4, 0.5) is 4.39 Å². The Kier molecular flexibility index (Phi) is 6.79. The first-order valence-corrected chi connectivity index (χ1v) is 8.34. The normalized spacial score (nSPS) is 11.8. The molecule has 0 spiro atoms. The van der Waals surface area contributed by atoms with E-state index in [1.54, 1.807) is 12.1 Å². The summed E-state index contributed by atoms with van der Waals surface area (Å²) in [7, 11) is 0. The van der Waals surface area contributed by atoms with Crippen molar-refractivity contribution in [1.29, 1.82) is 0 Å². The first-order valence-electron chi connectivity index (χ1n) is 8.34. The van der Waals surface area contributed by atoms with Gasteiger partial charge in [0.05, 0.1) is 0 Å². The fraction of sp³-hybridized carbons (Fsp3) is 0.350. The summed E-state index contributed by atoms with van der Waals surface area (Å²) in [4.78, 5) is 12.3. The van der Waals surface area contributed by atoms with Gasteiger partial charge in [-0.25, -0.2) is 4.39 Å². The minimum atomic E-state index is -0.489. The van der Waals surface area contributed by atoms with E-state index in [0.717, 1.165) is 29.7 Å². The van der Waals surface area contributed by atoms with Gasteiger partial charge in [-0.2, -0.15) is 0 Å². The summed E-state index contributed by atoms with van der Waals surface area (Å²) in [6, 6.07) is 14.1. The lowest BCUT2D eigenvalue weighted by Crippen LogP contribution is -2.38. The van der Waals surface area contributed by atoms with Crippen molar-refractivity contribution in [2.75, 3.05) is 6.54 Å². The monoisotopic (exact) mass is 329 g/mol. The molecule has 0 aliphatic carbocycles. The van der Waals surface area contributed by atoms with E-state index in [9.17, 15) is 9.18 Å². The van der Waals surface area contributed by atoms with Crippen LogP contribution in [0.5, 0.6) is 5.75 Å². The van der Waals surface area contributed by atoms with Gasteiger partial charge in [0.1, 0.15) is 11.6 Å². The van der Waals surface area contributed by atoms with Gasteiger partial charge in [0.15, 0.2) is 6.10 Å². The van der Waals surface area contributed by atoms with Crippen molar-refractivity contribution in [1.82, 2.24) is 5.32 Å². The van der Waals surface area contributed by atoms with Crippen molar-refractivity contribution in [2.45, 2.75) is 39.2 Å². The highest BCUT2D eigenvalue weighted by Gasteiger charge is 2.18. The van der Waals surface area contributed by atoms with Crippen molar-refractivity contribution < 1.29 is 13.9 Å². The van der Waals surface area contributed by atoms with Crippen LogP contribution in [0.2, 0.25) is 0 Å². The molecule has 0 heterocycles. The van der Waals surface area contributed by atoms with Crippen LogP contribution in [0.1, 0.15) is 30.9 Å². The van der Waals surface area contributed by atoms with Crippen molar-refractivity contribution >= 4 is 5.91 Å². The Morgan fingerprint density at radius 2 is 1.88 bits per heavy atom. The van der Waals surface area contributed by atoms with E-state index in [4.69, 9.17) is 4.74 Å². The Hall–Kier alpha value is -2.36. The molecule has 24 heavy (non-hydrogen) atoms. The Morgan fingerprint density at radius 1 is 1.17 bits per heavy atom. The average Bonchev–Trinajstić information content (AvgIpc) is 2.59. The lowest BCUT2D eigenvalue weighted by Gasteiger charge is -2.18. The zero-order chi connectivity index (χ0) is 17.4. The molecule has 0 fully saturated rings. The minimum Gasteiger partial charge on any atom is -0.480 e. The van der Waals surface area contributed by atoms with Crippen LogP contribution in [0.15, 0.2) is 48.5 Å². The molecule has 2 aromatic carbocycles. The molecule has 2 rings (SSSR count). The lowest BCUT2D eigenvalue weighted by atomic mass is 10.1. The number of para-hydroxylation sites is 1. The third-order valence-electron chi connectivity index (χ3n) is 3.88. The second kappa shape index (κ2) is 9.06. The number of amides is 1. The fourth-order valence-corrected chi connectivity index (χ4v) is 2.43. The van der Waals surface area contributed by atoms with Crippen LogP contribution in [-0.2, 0) is 11.2 Å². The van der Waals surface area contributed by atoms with E-state index in [0.29, 0.717) is 13.0 Å². The van der Waals surface area contributed by atoms with Crippen LogP contribution in [0, 0.1) is 12.7 Å². The number of ether oxygens (including phenoxy) is 1. The van der Waals surface area contributed by atoms with Crippen LogP contribution >= 0.6 is 0 Å². The molecule has 0 aliphatic heterocycles. The summed E-state index contributed by atoms with van der Waals surface area (Å²) >= 11 is 0. The number of hydrogen-bond donors (Lipinski definition) is 1. The van der Waals surface area contributed by atoms with Gasteiger partial charge in [-0.15, -0.1) is 0 Å². The predicted molar refractivity (Wildman–Crippen MR) is 93.6 cm³/mol. The van der Waals surface area contributed by atoms with Crippen LogP contribution in [0.3, 0.4) is 0 Å². The van der Waals surface area contributed by atoms with Crippen molar-refractivity contribution in [3.63, 3.8) is 0 Å². The Balaban J connectivity index is 1.77. The average molecular weight is 329 g/mol. The summed E-state index contributed by atoms with van der Waals surface area (Å²) < 4.78 is 18.7. The first-order chi connectivity index (χ1) is 11.6. The smallest absolute Gasteiger partial charge is 0.261 e. The van der Waals surface area contributed by atoms with Gasteiger partial charge in [-0.1, -0.05) is 37.3 Å². The maximum atomic E-state index is 12.8. The van der Waals surface area contributed by atoms with E-state index in [-0.39, 0.29) is 11.7 Å². The summed E-state index contributed by atoms with van der Waals surface area (Å²) in [5.41, 5.74) is 2.08. The number of nitrogens with one attached hydrogen (secondary N) is 1. The second-order valence-corrected chi connectivity index (χ2v) is 5.80. The number of carbonyl (C=O) groups is 1. The summed E-state index contributed by atoms with van der Waals surface area (Å²) in [6.07, 6.45) is 1.73. The topological polar surface area (TPSA) is 38.3 Å². The molecule has 0 unspecified atom stereocenters. The summed E-state index contributed by atoms with van der Waals surface area (Å²) in [6.45, 7) is 4.47. The molecule has 0 aromatic heterocycles. The van der Waals surface area contributed by atoms with Gasteiger partial charge < -0.3 is 10.1 Å². The van der Waals surface area contributed by atoms with Crippen LogP contribution in [0.25, 0.3) is 0 Å². The number of rotatable bonds is 8. The van der Waals surface area contributed by atoms with Gasteiger partial charge in [0.25, 0.3) is 5.91 Å². The molecular formula is C20H24FNO2. The Labute approximate surface area is 142 Å². The first kappa shape index (κ1) is 18.0. The van der Waals surface area contributed by atoms with Gasteiger partial charge in [0, 0.05) is 6.54 Å². The molecule has 128 valence electrons. The molecule has 2 aromatic rings. The third-order valence-corrected chi connectivity index (χ3v) is 3.88.